The molecule has 3 fully saturated rings. The molecule has 70 heavy (non-hydrogen) atoms. The molecule has 4 aliphatic heterocycles. The molecule has 8 rings (SSSR count). The van der Waals surface area contributed by atoms with Crippen LogP contribution in [0, 0.1) is 10.1 Å². The number of fused-ring (bicyclic) bond motifs is 2. The van der Waals surface area contributed by atoms with E-state index in [2.05, 4.69) is 43.9 Å². The number of nitrogens with zero attached hydrogens (tertiary/aromatic N) is 5. The normalized spacial score (nSPS) is 27.8. The van der Waals surface area contributed by atoms with Gasteiger partial charge in [-0.25, -0.2) is 0 Å². The highest BCUT2D eigenvalue weighted by Gasteiger charge is 2.61. The zero-order valence-corrected chi connectivity index (χ0v) is 40.7. The van der Waals surface area contributed by atoms with Crippen molar-refractivity contribution < 1.29 is 61.6 Å². The second-order valence-electron chi connectivity index (χ2n) is 19.0. The number of carbonyl (C=O) groups is 3. The van der Waals surface area contributed by atoms with E-state index in [0.29, 0.717) is 0 Å². The number of azide groups is 1. The second kappa shape index (κ2) is 21.6. The van der Waals surface area contributed by atoms with Gasteiger partial charge in [0.2, 0.25) is 0 Å². The number of esters is 1. The number of hydrogen-bond acceptors (Lipinski definition) is 15. The minimum absolute atomic E-state index is 0.0110. The minimum Gasteiger partial charge on any atom is -0.459 e. The maximum Gasteiger partial charge on any atom is 0.303 e. The number of benzene rings is 4. The number of hydrogen-bond donors (Lipinski definition) is 0. The van der Waals surface area contributed by atoms with Crippen LogP contribution in [0.2, 0.25) is 18.1 Å². The maximum atomic E-state index is 14.7. The van der Waals surface area contributed by atoms with E-state index in [0.717, 1.165) is 21.6 Å². The van der Waals surface area contributed by atoms with E-state index in [1.165, 1.54) is 19.1 Å². The molecule has 11 atom stereocenters. The second-order valence-corrected chi connectivity index (χ2v) is 23.8. The van der Waals surface area contributed by atoms with Gasteiger partial charge < -0.3 is 42.3 Å². The van der Waals surface area contributed by atoms with Gasteiger partial charge >= 0.3 is 5.97 Å². The predicted octanol–water partition coefficient (Wildman–Crippen LogP) is 7.99. The van der Waals surface area contributed by atoms with Gasteiger partial charge in [-0.15, -0.1) is 0 Å². The lowest BCUT2D eigenvalue weighted by Gasteiger charge is -2.54. The van der Waals surface area contributed by atoms with E-state index in [1.54, 1.807) is 36.4 Å². The Morgan fingerprint density at radius 1 is 0.857 bits per heavy atom. The summed E-state index contributed by atoms with van der Waals surface area (Å²) in [5.74, 6) is -1.97. The molecule has 0 radical (unpaired) electrons. The molecule has 2 amide bonds. The topological polar surface area (TPSA) is 229 Å². The van der Waals surface area contributed by atoms with Gasteiger partial charge in [-0.2, -0.15) is 0 Å². The van der Waals surface area contributed by atoms with Crippen LogP contribution in [0.25, 0.3) is 10.4 Å². The van der Waals surface area contributed by atoms with E-state index in [1.807, 2.05) is 60.7 Å². The number of imide groups is 1. The fraction of sp³-hybridized carbons (Fsp3) is 0.460. The lowest BCUT2D eigenvalue weighted by molar-refractivity contribution is -0.384. The number of ether oxygens (including phenoxy) is 8. The van der Waals surface area contributed by atoms with Gasteiger partial charge in [0, 0.05) is 29.5 Å². The molecule has 0 saturated carbocycles. The Balaban J connectivity index is 1.20. The highest BCUT2D eigenvalue weighted by molar-refractivity contribution is 6.74. The third-order valence-corrected chi connectivity index (χ3v) is 17.8. The summed E-state index contributed by atoms with van der Waals surface area (Å²) >= 11 is 0. The third-order valence-electron chi connectivity index (χ3n) is 13.3. The van der Waals surface area contributed by atoms with Crippen LogP contribution in [0.3, 0.4) is 0 Å². The molecule has 0 bridgehead atoms. The minimum atomic E-state index is -2.84. The number of non-ortho nitro benzene ring substituents is 1. The highest BCUT2D eigenvalue weighted by Crippen LogP contribution is 2.45. The van der Waals surface area contributed by atoms with Gasteiger partial charge in [0.05, 0.1) is 48.6 Å². The number of nitro groups is 1. The van der Waals surface area contributed by atoms with Crippen molar-refractivity contribution in [2.24, 2.45) is 5.11 Å². The van der Waals surface area contributed by atoms with Crippen molar-refractivity contribution in [2.45, 2.75) is 126 Å². The molecule has 4 aromatic rings. The lowest BCUT2D eigenvalue weighted by atomic mass is 9.93. The van der Waals surface area contributed by atoms with Gasteiger partial charge in [-0.3, -0.25) is 29.4 Å². The molecule has 19 nitrogen and oxygen atoms in total. The van der Waals surface area contributed by atoms with E-state index < -0.39 is 98.6 Å². The molecule has 0 aliphatic carbocycles. The van der Waals surface area contributed by atoms with Crippen LogP contribution in [-0.2, 0) is 60.1 Å². The van der Waals surface area contributed by atoms with Gasteiger partial charge in [-0.1, -0.05) is 111 Å². The van der Waals surface area contributed by atoms with Crippen LogP contribution >= 0.6 is 0 Å². The number of amides is 2. The molecule has 4 heterocycles. The Bertz CT molecular complexity index is 2510. The molecular weight excluding hydrogens is 923 g/mol. The first-order chi connectivity index (χ1) is 33.5. The molecule has 20 heteroatoms. The Morgan fingerprint density at radius 3 is 2.11 bits per heavy atom. The highest BCUT2D eigenvalue weighted by atomic mass is 28.4. The van der Waals surface area contributed by atoms with Gasteiger partial charge in [0.25, 0.3) is 17.5 Å². The first-order valence-corrected chi connectivity index (χ1v) is 26.1. The van der Waals surface area contributed by atoms with Crippen molar-refractivity contribution in [2.75, 3.05) is 19.8 Å². The molecule has 0 aromatic heterocycles. The van der Waals surface area contributed by atoms with Gasteiger partial charge in [0.1, 0.15) is 42.6 Å². The summed E-state index contributed by atoms with van der Waals surface area (Å²) in [5.41, 5.74) is 12.6. The summed E-state index contributed by atoms with van der Waals surface area (Å²) in [7, 11) is -2.84. The van der Waals surface area contributed by atoms with Gasteiger partial charge in [0.15, 0.2) is 27.2 Å². The van der Waals surface area contributed by atoms with Crippen LogP contribution in [0.1, 0.15) is 71.4 Å². The molecule has 0 N–H and O–H groups in total. The fourth-order valence-electron chi connectivity index (χ4n) is 8.79. The van der Waals surface area contributed by atoms with E-state index in [-0.39, 0.29) is 54.7 Å². The average molecular weight is 980 g/mol. The van der Waals surface area contributed by atoms with E-state index in [4.69, 9.17) is 42.3 Å². The molecule has 370 valence electrons. The molecule has 0 unspecified atom stereocenters. The summed E-state index contributed by atoms with van der Waals surface area (Å²) < 4.78 is 59.6. The number of nitro benzene ring substituents is 1. The quantitative estimate of drug-likeness (QED) is 0.0143. The summed E-state index contributed by atoms with van der Waals surface area (Å²) in [6.45, 7) is 11.4. The molecule has 4 aromatic carbocycles. The van der Waals surface area contributed by atoms with Crippen molar-refractivity contribution >= 4 is 31.8 Å². The standard InChI is InChI=1S/C50H57N5O14Si/c1-30(56)64-43-39(52-53-51)48(62-26-25-31-21-23-34(24-22-31)55(59)60)65-37(28-61-27-32-15-9-7-10-16-32)41(43)68-49-40(54-45(57)35-19-13-14-20-36(35)46(54)58)44(69-70(5,6)50(2,3)4)42-38(66-49)29-63-47(67-42)33-17-11-8-12-18-33/h7-24,37-44,47-49H,25-29H2,1-6H3/t37-,38-,39-,40-,41+,42+,43-,44-,47+,48+,49+/m1/s1. The first kappa shape index (κ1) is 50.5. The molecule has 3 saturated heterocycles. The van der Waals surface area contributed by atoms with Crippen molar-refractivity contribution in [3.05, 3.63) is 158 Å². The van der Waals surface area contributed by atoms with Crippen molar-refractivity contribution in [1.29, 1.82) is 0 Å². The van der Waals surface area contributed by atoms with Crippen molar-refractivity contribution in [1.82, 2.24) is 4.90 Å². The third kappa shape index (κ3) is 11.0. The van der Waals surface area contributed by atoms with Crippen molar-refractivity contribution in [3.63, 3.8) is 0 Å². The van der Waals surface area contributed by atoms with E-state index >= 15 is 0 Å². The van der Waals surface area contributed by atoms with E-state index in [9.17, 15) is 30.0 Å². The van der Waals surface area contributed by atoms with Crippen LogP contribution < -0.4 is 0 Å². The predicted molar refractivity (Wildman–Crippen MR) is 252 cm³/mol. The summed E-state index contributed by atoms with van der Waals surface area (Å²) in [4.78, 5) is 57.6. The largest absolute Gasteiger partial charge is 0.459 e. The maximum absolute atomic E-state index is 14.7. The summed E-state index contributed by atoms with van der Waals surface area (Å²) in [6.07, 6.45) is -10.3. The lowest BCUT2D eigenvalue weighted by Crippen LogP contribution is -2.71. The Hall–Kier alpha value is -5.90. The molecule has 0 spiro atoms. The summed E-state index contributed by atoms with van der Waals surface area (Å²) in [5, 5.41) is 14.9. The number of rotatable bonds is 17. The Kier molecular flexibility index (Phi) is 15.6. The smallest absolute Gasteiger partial charge is 0.303 e. The number of carbonyl (C=O) groups excluding carboxylic acids is 3. The first-order valence-electron chi connectivity index (χ1n) is 23.2. The zero-order valence-electron chi connectivity index (χ0n) is 39.7. The van der Waals surface area contributed by atoms with Crippen LogP contribution in [0.5, 0.6) is 0 Å². The van der Waals surface area contributed by atoms with Crippen molar-refractivity contribution in [3.8, 4) is 0 Å². The molecular formula is C50H57N5O14Si. The SMILES string of the molecule is CC(=O)O[C@@H]1[C@@H](N=[N+]=[N-])[C@@H](OCCc2ccc([N+](=O)[O-])cc2)O[C@H](COCc2ccccc2)[C@@H]1O[C@@H]1O[C@@H]2CO[C@H](c3ccccc3)O[C@@H]2[C@H](O[Si](C)(C)C(C)(C)C)[C@H]1N1C(=O)c2ccccc2C1=O. The Morgan fingerprint density at radius 2 is 1.50 bits per heavy atom. The van der Waals surface area contributed by atoms with Crippen LogP contribution in [0.15, 0.2) is 114 Å². The van der Waals surface area contributed by atoms with Crippen LogP contribution in [0.4, 0.5) is 5.69 Å². The zero-order chi connectivity index (χ0) is 49.7. The molecule has 4 aliphatic rings. The monoisotopic (exact) mass is 979 g/mol. The van der Waals surface area contributed by atoms with Gasteiger partial charge in [-0.05, 0) is 53.3 Å². The van der Waals surface area contributed by atoms with Crippen LogP contribution in [-0.4, -0.2) is 117 Å². The summed E-state index contributed by atoms with van der Waals surface area (Å²) in [6, 6.07) is 28.5. The average Bonchev–Trinajstić information content (AvgIpc) is 3.59. The fourth-order valence-corrected chi connectivity index (χ4v) is 10.1. The Labute approximate surface area is 406 Å².